The molecule has 0 radical (unpaired) electrons. The lowest BCUT2D eigenvalue weighted by Gasteiger charge is -2.11. The van der Waals surface area contributed by atoms with Crippen molar-refractivity contribution in [2.45, 2.75) is 27.3 Å². The van der Waals surface area contributed by atoms with E-state index >= 15 is 0 Å². The molecule has 4 rings (SSSR count). The van der Waals surface area contributed by atoms with Gasteiger partial charge in [-0.15, -0.1) is 0 Å². The summed E-state index contributed by atoms with van der Waals surface area (Å²) in [5, 5.41) is 0.688. The Balaban J connectivity index is 1.59. The van der Waals surface area contributed by atoms with E-state index in [-0.39, 0.29) is 12.4 Å². The van der Waals surface area contributed by atoms with Gasteiger partial charge in [0, 0.05) is 41.6 Å². The van der Waals surface area contributed by atoms with Crippen molar-refractivity contribution in [3.8, 4) is 11.3 Å². The van der Waals surface area contributed by atoms with E-state index in [9.17, 15) is 9.59 Å². The van der Waals surface area contributed by atoms with Gasteiger partial charge >= 0.3 is 5.97 Å². The molecule has 0 bridgehead atoms. The van der Waals surface area contributed by atoms with E-state index in [1.807, 2.05) is 79.9 Å². The standard InChI is InChI=1S/C28H28N2O4/c1-18-9-11-21(12-10-18)26-16-24(22-7-5-6-8-25(22)29-26)28(32)34-17-27(31)23-15-19(2)30(20(23)3)13-14-33-4/h5-12,15-16H,13-14,17H2,1-4H3. The van der Waals surface area contributed by atoms with Crippen LogP contribution in [-0.2, 0) is 16.0 Å². The number of pyridine rings is 1. The minimum absolute atomic E-state index is 0.234. The number of para-hydroxylation sites is 1. The van der Waals surface area contributed by atoms with Crippen LogP contribution in [0.1, 0.15) is 37.7 Å². The maximum Gasteiger partial charge on any atom is 0.339 e. The number of methoxy groups -OCH3 is 1. The number of esters is 1. The number of ketones is 1. The number of hydrogen-bond donors (Lipinski definition) is 0. The van der Waals surface area contributed by atoms with E-state index < -0.39 is 5.97 Å². The number of carbonyl (C=O) groups is 2. The average Bonchev–Trinajstić information content (AvgIpc) is 3.13. The predicted octanol–water partition coefficient (Wildman–Crippen LogP) is 5.31. The summed E-state index contributed by atoms with van der Waals surface area (Å²) >= 11 is 0. The molecule has 0 amide bonds. The van der Waals surface area contributed by atoms with E-state index in [1.165, 1.54) is 0 Å². The summed E-state index contributed by atoms with van der Waals surface area (Å²) in [5.74, 6) is -0.782. The normalized spacial score (nSPS) is 11.1. The Labute approximate surface area is 199 Å². The molecule has 0 saturated carbocycles. The van der Waals surface area contributed by atoms with Crippen molar-refractivity contribution in [2.24, 2.45) is 0 Å². The zero-order chi connectivity index (χ0) is 24.2. The van der Waals surface area contributed by atoms with Gasteiger partial charge in [0.25, 0.3) is 0 Å². The van der Waals surface area contributed by atoms with Crippen LogP contribution in [0.25, 0.3) is 22.2 Å². The van der Waals surface area contributed by atoms with Gasteiger partial charge in [0.15, 0.2) is 6.61 Å². The number of ether oxygens (including phenoxy) is 2. The molecule has 0 aliphatic rings. The van der Waals surface area contributed by atoms with Crippen LogP contribution in [0.4, 0.5) is 0 Å². The lowest BCUT2D eigenvalue weighted by molar-refractivity contribution is 0.0476. The Morgan fingerprint density at radius 1 is 0.941 bits per heavy atom. The van der Waals surface area contributed by atoms with Crippen LogP contribution in [-0.4, -0.2) is 41.6 Å². The summed E-state index contributed by atoms with van der Waals surface area (Å²) in [6.45, 7) is 6.74. The molecular formula is C28H28N2O4. The summed E-state index contributed by atoms with van der Waals surface area (Å²) in [6, 6.07) is 19.0. The molecule has 2 aromatic heterocycles. The monoisotopic (exact) mass is 456 g/mol. The number of aryl methyl sites for hydroxylation is 2. The highest BCUT2D eigenvalue weighted by Gasteiger charge is 2.20. The Morgan fingerprint density at radius 3 is 2.41 bits per heavy atom. The fourth-order valence-corrected chi connectivity index (χ4v) is 4.11. The highest BCUT2D eigenvalue weighted by atomic mass is 16.5. The Bertz CT molecular complexity index is 1350. The van der Waals surface area contributed by atoms with E-state index in [1.54, 1.807) is 13.2 Å². The first-order valence-electron chi connectivity index (χ1n) is 11.2. The average molecular weight is 457 g/mol. The van der Waals surface area contributed by atoms with Gasteiger partial charge in [-0.25, -0.2) is 9.78 Å². The summed E-state index contributed by atoms with van der Waals surface area (Å²) in [7, 11) is 1.65. The number of carbonyl (C=O) groups excluding carboxylic acids is 2. The highest BCUT2D eigenvalue weighted by molar-refractivity contribution is 6.06. The molecule has 0 unspecified atom stereocenters. The van der Waals surface area contributed by atoms with Gasteiger partial charge in [0.2, 0.25) is 5.78 Å². The van der Waals surface area contributed by atoms with Crippen molar-refractivity contribution in [1.82, 2.24) is 9.55 Å². The lowest BCUT2D eigenvalue weighted by atomic mass is 10.0. The first-order chi connectivity index (χ1) is 16.4. The molecule has 0 aliphatic carbocycles. The quantitative estimate of drug-likeness (QED) is 0.265. The maximum absolute atomic E-state index is 13.1. The Kier molecular flexibility index (Phi) is 6.89. The number of aromatic nitrogens is 2. The Morgan fingerprint density at radius 2 is 1.68 bits per heavy atom. The second-order valence-corrected chi connectivity index (χ2v) is 8.37. The molecule has 0 fully saturated rings. The van der Waals surface area contributed by atoms with E-state index in [2.05, 4.69) is 0 Å². The number of Topliss-reactive ketones (excluding diaryl/α,β-unsaturated/α-hetero) is 1. The molecule has 2 heterocycles. The molecule has 174 valence electrons. The second-order valence-electron chi connectivity index (χ2n) is 8.37. The van der Waals surface area contributed by atoms with Crippen LogP contribution in [0.5, 0.6) is 0 Å². The number of fused-ring (bicyclic) bond motifs is 1. The summed E-state index contributed by atoms with van der Waals surface area (Å²) in [5.41, 5.74) is 6.17. The van der Waals surface area contributed by atoms with E-state index in [0.717, 1.165) is 22.5 Å². The third-order valence-electron chi connectivity index (χ3n) is 6.01. The molecule has 6 heteroatoms. The molecule has 2 aromatic carbocycles. The van der Waals surface area contributed by atoms with Crippen LogP contribution in [0, 0.1) is 20.8 Å². The molecule has 6 nitrogen and oxygen atoms in total. The first kappa shape index (κ1) is 23.4. The van der Waals surface area contributed by atoms with Crippen LogP contribution in [0.3, 0.4) is 0 Å². The van der Waals surface area contributed by atoms with Gasteiger partial charge in [-0.05, 0) is 39.0 Å². The number of nitrogens with zero attached hydrogens (tertiary/aromatic N) is 2. The van der Waals surface area contributed by atoms with Crippen molar-refractivity contribution in [2.75, 3.05) is 20.3 Å². The van der Waals surface area contributed by atoms with Crippen LogP contribution < -0.4 is 0 Å². The molecule has 4 aromatic rings. The minimum atomic E-state index is -0.548. The smallest absolute Gasteiger partial charge is 0.339 e. The van der Waals surface area contributed by atoms with Crippen LogP contribution in [0.15, 0.2) is 60.7 Å². The van der Waals surface area contributed by atoms with Gasteiger partial charge in [-0.2, -0.15) is 0 Å². The molecule has 0 aliphatic heterocycles. The zero-order valence-corrected chi connectivity index (χ0v) is 19.9. The Hall–Kier alpha value is -3.77. The number of rotatable bonds is 8. The fourth-order valence-electron chi connectivity index (χ4n) is 4.11. The molecule has 0 spiro atoms. The molecular weight excluding hydrogens is 428 g/mol. The minimum Gasteiger partial charge on any atom is -0.454 e. The predicted molar refractivity (Wildman–Crippen MR) is 132 cm³/mol. The van der Waals surface area contributed by atoms with Crippen molar-refractivity contribution in [3.63, 3.8) is 0 Å². The fraction of sp³-hybridized carbons (Fsp3) is 0.250. The van der Waals surface area contributed by atoms with Gasteiger partial charge in [0.05, 0.1) is 23.4 Å². The van der Waals surface area contributed by atoms with E-state index in [4.69, 9.17) is 14.5 Å². The zero-order valence-electron chi connectivity index (χ0n) is 19.9. The van der Waals surface area contributed by atoms with Gasteiger partial charge < -0.3 is 14.0 Å². The van der Waals surface area contributed by atoms with Gasteiger partial charge in [-0.1, -0.05) is 48.0 Å². The first-order valence-corrected chi connectivity index (χ1v) is 11.2. The second kappa shape index (κ2) is 10.0. The molecule has 0 saturated heterocycles. The largest absolute Gasteiger partial charge is 0.454 e. The third kappa shape index (κ3) is 4.77. The summed E-state index contributed by atoms with van der Waals surface area (Å²) in [4.78, 5) is 30.7. The molecule has 0 atom stereocenters. The van der Waals surface area contributed by atoms with Crippen LogP contribution in [0.2, 0.25) is 0 Å². The molecule has 0 N–H and O–H groups in total. The van der Waals surface area contributed by atoms with Crippen molar-refractivity contribution < 1.29 is 19.1 Å². The number of benzene rings is 2. The van der Waals surface area contributed by atoms with Gasteiger partial charge in [-0.3, -0.25) is 4.79 Å². The third-order valence-corrected chi connectivity index (χ3v) is 6.01. The number of hydrogen-bond acceptors (Lipinski definition) is 5. The topological polar surface area (TPSA) is 70.4 Å². The molecule has 34 heavy (non-hydrogen) atoms. The van der Waals surface area contributed by atoms with E-state index in [0.29, 0.717) is 40.9 Å². The van der Waals surface area contributed by atoms with Crippen molar-refractivity contribution in [1.29, 1.82) is 0 Å². The highest BCUT2D eigenvalue weighted by Crippen LogP contribution is 2.26. The lowest BCUT2D eigenvalue weighted by Crippen LogP contribution is -2.16. The summed E-state index contributed by atoms with van der Waals surface area (Å²) in [6.07, 6.45) is 0. The maximum atomic E-state index is 13.1. The van der Waals surface area contributed by atoms with Crippen LogP contribution >= 0.6 is 0 Å². The van der Waals surface area contributed by atoms with Gasteiger partial charge in [0.1, 0.15) is 0 Å². The van der Waals surface area contributed by atoms with Crippen molar-refractivity contribution in [3.05, 3.63) is 88.7 Å². The van der Waals surface area contributed by atoms with Crippen molar-refractivity contribution >= 4 is 22.7 Å². The summed E-state index contributed by atoms with van der Waals surface area (Å²) < 4.78 is 12.7. The SMILES string of the molecule is COCCn1c(C)cc(C(=O)COC(=O)c2cc(-c3ccc(C)cc3)nc3ccccc23)c1C.